The van der Waals surface area contributed by atoms with Gasteiger partial charge in [0.1, 0.15) is 5.54 Å². The van der Waals surface area contributed by atoms with E-state index in [2.05, 4.69) is 5.32 Å². The van der Waals surface area contributed by atoms with E-state index in [1.54, 1.807) is 6.92 Å². The number of carbonyl (C=O) groups excluding carboxylic acids is 2. The molecule has 1 aliphatic rings. The van der Waals surface area contributed by atoms with Gasteiger partial charge in [0.2, 0.25) is 11.8 Å². The van der Waals surface area contributed by atoms with Gasteiger partial charge in [-0.05, 0) is 19.8 Å². The summed E-state index contributed by atoms with van der Waals surface area (Å²) in [4.78, 5) is 36.0. The largest absolute Gasteiger partial charge is 0.480 e. The molecule has 0 aromatic heterocycles. The van der Waals surface area contributed by atoms with Crippen molar-refractivity contribution in [2.75, 3.05) is 6.54 Å². The van der Waals surface area contributed by atoms with Crippen molar-refractivity contribution in [1.82, 2.24) is 10.2 Å². The Hall–Kier alpha value is -1.43. The second-order valence-electron chi connectivity index (χ2n) is 4.78. The summed E-state index contributed by atoms with van der Waals surface area (Å²) in [5.74, 6) is -1.56. The van der Waals surface area contributed by atoms with Crippen molar-refractivity contribution in [1.29, 1.82) is 0 Å². The average Bonchev–Trinajstić information content (AvgIpc) is 2.57. The van der Waals surface area contributed by atoms with Crippen molar-refractivity contribution in [2.24, 2.45) is 0 Å². The number of hydrogen-bond donors (Lipinski definition) is 2. The molecule has 0 bridgehead atoms. The standard InChI is InChI=1S/C12H20N2O4/c1-4-6-14-9(15)7-8(10(14)16)13-12(3,5-2)11(17)18/h8,13H,4-7H2,1-3H3,(H,17,18). The molecule has 2 atom stereocenters. The average molecular weight is 256 g/mol. The number of amides is 2. The van der Waals surface area contributed by atoms with Crippen LogP contribution in [0.5, 0.6) is 0 Å². The van der Waals surface area contributed by atoms with Crippen LogP contribution in [-0.4, -0.2) is 45.9 Å². The second-order valence-corrected chi connectivity index (χ2v) is 4.78. The Balaban J connectivity index is 2.78. The van der Waals surface area contributed by atoms with Crippen molar-refractivity contribution >= 4 is 17.8 Å². The Labute approximate surface area is 106 Å². The number of carboxylic acids is 1. The van der Waals surface area contributed by atoms with E-state index in [0.717, 1.165) is 0 Å². The molecule has 0 aromatic rings. The molecule has 1 heterocycles. The Bertz CT molecular complexity index is 369. The minimum Gasteiger partial charge on any atom is -0.480 e. The van der Waals surface area contributed by atoms with Gasteiger partial charge in [0.15, 0.2) is 0 Å². The number of rotatable bonds is 6. The van der Waals surface area contributed by atoms with Gasteiger partial charge in [-0.15, -0.1) is 0 Å². The van der Waals surface area contributed by atoms with E-state index in [9.17, 15) is 14.4 Å². The number of imide groups is 1. The highest BCUT2D eigenvalue weighted by molar-refractivity contribution is 6.05. The maximum Gasteiger partial charge on any atom is 0.323 e. The molecule has 18 heavy (non-hydrogen) atoms. The summed E-state index contributed by atoms with van der Waals surface area (Å²) in [5.41, 5.74) is -1.18. The van der Waals surface area contributed by atoms with Crippen LogP contribution in [0.4, 0.5) is 0 Å². The van der Waals surface area contributed by atoms with E-state index in [-0.39, 0.29) is 18.2 Å². The van der Waals surface area contributed by atoms with E-state index in [4.69, 9.17) is 5.11 Å². The van der Waals surface area contributed by atoms with Crippen LogP contribution < -0.4 is 5.32 Å². The van der Waals surface area contributed by atoms with Gasteiger partial charge in [-0.3, -0.25) is 24.6 Å². The maximum absolute atomic E-state index is 12.0. The second kappa shape index (κ2) is 5.48. The molecule has 0 aromatic carbocycles. The lowest BCUT2D eigenvalue weighted by molar-refractivity contribution is -0.145. The molecule has 1 rings (SSSR count). The van der Waals surface area contributed by atoms with E-state index >= 15 is 0 Å². The van der Waals surface area contributed by atoms with Gasteiger partial charge in [0, 0.05) is 6.54 Å². The van der Waals surface area contributed by atoms with E-state index in [1.165, 1.54) is 11.8 Å². The number of nitrogens with zero attached hydrogens (tertiary/aromatic N) is 1. The number of carbonyl (C=O) groups is 3. The quantitative estimate of drug-likeness (QED) is 0.670. The first-order chi connectivity index (χ1) is 8.35. The van der Waals surface area contributed by atoms with Gasteiger partial charge < -0.3 is 5.11 Å². The summed E-state index contributed by atoms with van der Waals surface area (Å²) in [6, 6.07) is -0.718. The van der Waals surface area contributed by atoms with Gasteiger partial charge in [-0.1, -0.05) is 13.8 Å². The molecule has 1 aliphatic heterocycles. The highest BCUT2D eigenvalue weighted by Gasteiger charge is 2.43. The smallest absolute Gasteiger partial charge is 0.323 e. The molecule has 2 N–H and O–H groups in total. The van der Waals surface area contributed by atoms with Gasteiger partial charge >= 0.3 is 5.97 Å². The fourth-order valence-corrected chi connectivity index (χ4v) is 1.95. The number of nitrogens with one attached hydrogen (secondary N) is 1. The molecule has 1 fully saturated rings. The summed E-state index contributed by atoms with van der Waals surface area (Å²) in [5, 5.41) is 11.9. The first-order valence-corrected chi connectivity index (χ1v) is 6.21. The predicted octanol–water partition coefficient (Wildman–Crippen LogP) is 0.367. The van der Waals surface area contributed by atoms with Crippen LogP contribution in [0.2, 0.25) is 0 Å². The minimum absolute atomic E-state index is 0.0434. The SMILES string of the molecule is CCCN1C(=O)CC(NC(C)(CC)C(=O)O)C1=O. The summed E-state index contributed by atoms with van der Waals surface area (Å²) >= 11 is 0. The third-order valence-corrected chi connectivity index (χ3v) is 3.36. The Morgan fingerprint density at radius 2 is 2.11 bits per heavy atom. The summed E-state index contributed by atoms with van der Waals surface area (Å²) in [6.07, 6.45) is 1.09. The van der Waals surface area contributed by atoms with Gasteiger partial charge in [-0.2, -0.15) is 0 Å². The lowest BCUT2D eigenvalue weighted by Gasteiger charge is -2.27. The molecule has 0 radical (unpaired) electrons. The first-order valence-electron chi connectivity index (χ1n) is 6.21. The molecule has 1 saturated heterocycles. The molecule has 102 valence electrons. The van der Waals surface area contributed by atoms with Gasteiger partial charge in [0.25, 0.3) is 0 Å². The summed E-state index contributed by atoms with van der Waals surface area (Å²) in [6.45, 7) is 5.53. The topological polar surface area (TPSA) is 86.7 Å². The number of likely N-dealkylation sites (tertiary alicyclic amines) is 1. The molecule has 6 heteroatoms. The van der Waals surface area contributed by atoms with Crippen molar-refractivity contribution < 1.29 is 19.5 Å². The molecule has 6 nitrogen and oxygen atoms in total. The molecular formula is C12H20N2O4. The summed E-state index contributed by atoms with van der Waals surface area (Å²) < 4.78 is 0. The van der Waals surface area contributed by atoms with Gasteiger partial charge in [0.05, 0.1) is 12.5 Å². The van der Waals surface area contributed by atoms with Crippen molar-refractivity contribution in [3.05, 3.63) is 0 Å². The Morgan fingerprint density at radius 1 is 1.50 bits per heavy atom. The number of carboxylic acid groups (broad SMARTS) is 1. The zero-order chi connectivity index (χ0) is 13.9. The monoisotopic (exact) mass is 256 g/mol. The number of aliphatic carboxylic acids is 1. The number of hydrogen-bond acceptors (Lipinski definition) is 4. The van der Waals surface area contributed by atoms with E-state index in [0.29, 0.717) is 19.4 Å². The van der Waals surface area contributed by atoms with Crippen LogP contribution in [-0.2, 0) is 14.4 Å². The fourth-order valence-electron chi connectivity index (χ4n) is 1.95. The van der Waals surface area contributed by atoms with Crippen LogP contribution >= 0.6 is 0 Å². The first kappa shape index (κ1) is 14.6. The molecule has 2 amide bonds. The van der Waals surface area contributed by atoms with Crippen LogP contribution in [0.15, 0.2) is 0 Å². The van der Waals surface area contributed by atoms with Gasteiger partial charge in [-0.25, -0.2) is 0 Å². The van der Waals surface area contributed by atoms with Crippen LogP contribution in [0.1, 0.15) is 40.0 Å². The van der Waals surface area contributed by atoms with E-state index in [1.807, 2.05) is 6.92 Å². The minimum atomic E-state index is -1.18. The molecule has 0 saturated carbocycles. The van der Waals surface area contributed by atoms with Crippen molar-refractivity contribution in [3.63, 3.8) is 0 Å². The Kier molecular flexibility index (Phi) is 4.45. The molecule has 0 aliphatic carbocycles. The lowest BCUT2D eigenvalue weighted by Crippen LogP contribution is -2.55. The Morgan fingerprint density at radius 3 is 2.56 bits per heavy atom. The molecular weight excluding hydrogens is 236 g/mol. The van der Waals surface area contributed by atoms with Crippen LogP contribution in [0, 0.1) is 0 Å². The third kappa shape index (κ3) is 2.69. The van der Waals surface area contributed by atoms with E-state index < -0.39 is 17.6 Å². The normalized spacial score (nSPS) is 23.3. The highest BCUT2D eigenvalue weighted by Crippen LogP contribution is 2.18. The van der Waals surface area contributed by atoms with Crippen molar-refractivity contribution in [3.8, 4) is 0 Å². The third-order valence-electron chi connectivity index (χ3n) is 3.36. The van der Waals surface area contributed by atoms with Crippen LogP contribution in [0.25, 0.3) is 0 Å². The zero-order valence-corrected chi connectivity index (χ0v) is 11.0. The zero-order valence-electron chi connectivity index (χ0n) is 11.0. The molecule has 0 spiro atoms. The van der Waals surface area contributed by atoms with Crippen molar-refractivity contribution in [2.45, 2.75) is 51.6 Å². The fraction of sp³-hybridized carbons (Fsp3) is 0.750. The molecule has 2 unspecified atom stereocenters. The predicted molar refractivity (Wildman–Crippen MR) is 64.9 cm³/mol. The maximum atomic E-state index is 12.0. The highest BCUT2D eigenvalue weighted by atomic mass is 16.4. The summed E-state index contributed by atoms with van der Waals surface area (Å²) in [7, 11) is 0. The lowest BCUT2D eigenvalue weighted by atomic mass is 9.97. The van der Waals surface area contributed by atoms with Crippen LogP contribution in [0.3, 0.4) is 0 Å².